The average Bonchev–Trinajstić information content (AvgIpc) is 3.25. The predicted octanol–water partition coefficient (Wildman–Crippen LogP) is 7.20. The summed E-state index contributed by atoms with van der Waals surface area (Å²) in [6.45, 7) is 3.71. The third-order valence-corrected chi connectivity index (χ3v) is 6.47. The molecule has 0 bridgehead atoms. The van der Waals surface area contributed by atoms with E-state index in [2.05, 4.69) is 4.57 Å². The SMILES string of the molecule is CCC(=O)c1ccc2c(c1)c1cc(C(=O)CC)ccc1n2-c1ccc(C(=O)c2ccccc2)cc1. The number of nitrogens with zero attached hydrogens (tertiary/aromatic N) is 1. The number of rotatable bonds is 7. The molecule has 5 aromatic rings. The van der Waals surface area contributed by atoms with Crippen molar-refractivity contribution >= 4 is 39.2 Å². The fourth-order valence-corrected chi connectivity index (χ4v) is 4.57. The van der Waals surface area contributed by atoms with E-state index >= 15 is 0 Å². The summed E-state index contributed by atoms with van der Waals surface area (Å²) in [5, 5.41) is 1.85. The van der Waals surface area contributed by atoms with Gasteiger partial charge in [0.1, 0.15) is 0 Å². The molecule has 0 saturated heterocycles. The van der Waals surface area contributed by atoms with Crippen molar-refractivity contribution in [3.8, 4) is 5.69 Å². The molecule has 35 heavy (non-hydrogen) atoms. The van der Waals surface area contributed by atoms with Crippen LogP contribution in [0.1, 0.15) is 63.3 Å². The second-order valence-electron chi connectivity index (χ2n) is 8.59. The number of Topliss-reactive ketones (excluding diaryl/α,β-unsaturated/α-hetero) is 2. The van der Waals surface area contributed by atoms with Crippen LogP contribution in [0.4, 0.5) is 0 Å². The van der Waals surface area contributed by atoms with Crippen molar-refractivity contribution in [2.24, 2.45) is 0 Å². The van der Waals surface area contributed by atoms with Crippen molar-refractivity contribution in [3.63, 3.8) is 0 Å². The van der Waals surface area contributed by atoms with E-state index in [1.807, 2.05) is 105 Å². The molecule has 0 radical (unpaired) electrons. The fraction of sp³-hybridized carbons (Fsp3) is 0.129. The Balaban J connectivity index is 1.68. The molecule has 0 aliphatic carbocycles. The van der Waals surface area contributed by atoms with Gasteiger partial charge in [-0.2, -0.15) is 0 Å². The molecule has 0 aliphatic rings. The maximum Gasteiger partial charge on any atom is 0.193 e. The van der Waals surface area contributed by atoms with Gasteiger partial charge in [0.25, 0.3) is 0 Å². The van der Waals surface area contributed by atoms with Gasteiger partial charge in [0.15, 0.2) is 17.3 Å². The van der Waals surface area contributed by atoms with Gasteiger partial charge < -0.3 is 4.57 Å². The number of hydrogen-bond acceptors (Lipinski definition) is 3. The Morgan fingerprint density at radius 2 is 1.03 bits per heavy atom. The van der Waals surface area contributed by atoms with E-state index in [4.69, 9.17) is 0 Å². The lowest BCUT2D eigenvalue weighted by atomic mass is 10.0. The smallest absolute Gasteiger partial charge is 0.193 e. The van der Waals surface area contributed by atoms with Crippen LogP contribution in [0, 0.1) is 0 Å². The monoisotopic (exact) mass is 459 g/mol. The van der Waals surface area contributed by atoms with Crippen LogP contribution in [0.15, 0.2) is 91.0 Å². The van der Waals surface area contributed by atoms with Crippen LogP contribution in [0.2, 0.25) is 0 Å². The molecule has 0 atom stereocenters. The molecule has 4 nitrogen and oxygen atoms in total. The van der Waals surface area contributed by atoms with Gasteiger partial charge in [-0.25, -0.2) is 0 Å². The van der Waals surface area contributed by atoms with Gasteiger partial charge in [0.2, 0.25) is 0 Å². The van der Waals surface area contributed by atoms with Gasteiger partial charge in [-0.1, -0.05) is 44.2 Å². The maximum absolute atomic E-state index is 12.9. The Bertz CT molecular complexity index is 1520. The van der Waals surface area contributed by atoms with E-state index in [1.165, 1.54) is 0 Å². The van der Waals surface area contributed by atoms with Crippen LogP contribution in [0.3, 0.4) is 0 Å². The standard InChI is InChI=1S/C31H25NO3/c1-3-29(33)22-12-16-27-25(18-22)26-19-23(30(34)4-2)13-17-28(26)32(27)24-14-10-21(11-15-24)31(35)20-8-6-5-7-9-20/h5-19H,3-4H2,1-2H3. The zero-order valence-corrected chi connectivity index (χ0v) is 19.7. The van der Waals surface area contributed by atoms with Crippen LogP contribution in [-0.4, -0.2) is 21.9 Å². The average molecular weight is 460 g/mol. The van der Waals surface area contributed by atoms with Gasteiger partial charge in [0, 0.05) is 51.6 Å². The Morgan fingerprint density at radius 1 is 0.571 bits per heavy atom. The molecular weight excluding hydrogens is 434 g/mol. The second kappa shape index (κ2) is 9.15. The molecule has 1 heterocycles. The van der Waals surface area contributed by atoms with E-state index in [1.54, 1.807) is 0 Å². The highest BCUT2D eigenvalue weighted by Gasteiger charge is 2.17. The van der Waals surface area contributed by atoms with E-state index < -0.39 is 0 Å². The van der Waals surface area contributed by atoms with Crippen molar-refractivity contribution in [2.45, 2.75) is 26.7 Å². The molecule has 1 aromatic heterocycles. The zero-order valence-electron chi connectivity index (χ0n) is 19.7. The van der Waals surface area contributed by atoms with E-state index in [9.17, 15) is 14.4 Å². The van der Waals surface area contributed by atoms with Crippen LogP contribution in [-0.2, 0) is 0 Å². The van der Waals surface area contributed by atoms with Crippen molar-refractivity contribution in [2.75, 3.05) is 0 Å². The quantitative estimate of drug-likeness (QED) is 0.242. The summed E-state index contributed by atoms with van der Waals surface area (Å²) in [6.07, 6.45) is 0.862. The van der Waals surface area contributed by atoms with E-state index in [0.717, 1.165) is 27.5 Å². The van der Waals surface area contributed by atoms with Crippen molar-refractivity contribution in [1.82, 2.24) is 4.57 Å². The van der Waals surface area contributed by atoms with Crippen LogP contribution in [0.25, 0.3) is 27.5 Å². The minimum Gasteiger partial charge on any atom is -0.309 e. The maximum atomic E-state index is 12.9. The van der Waals surface area contributed by atoms with Gasteiger partial charge in [-0.05, 0) is 60.7 Å². The lowest BCUT2D eigenvalue weighted by molar-refractivity contribution is 0.0980. The molecule has 0 amide bonds. The summed E-state index contributed by atoms with van der Waals surface area (Å²) in [6, 6.07) is 28.3. The summed E-state index contributed by atoms with van der Waals surface area (Å²) in [7, 11) is 0. The van der Waals surface area contributed by atoms with Crippen LogP contribution < -0.4 is 0 Å². The Hall–Kier alpha value is -4.31. The molecule has 0 saturated carbocycles. The molecule has 172 valence electrons. The second-order valence-corrected chi connectivity index (χ2v) is 8.59. The largest absolute Gasteiger partial charge is 0.309 e. The van der Waals surface area contributed by atoms with E-state index in [0.29, 0.717) is 35.1 Å². The predicted molar refractivity (Wildman–Crippen MR) is 140 cm³/mol. The van der Waals surface area contributed by atoms with Crippen LogP contribution in [0.5, 0.6) is 0 Å². The number of benzene rings is 4. The highest BCUT2D eigenvalue weighted by molar-refractivity contribution is 6.14. The summed E-state index contributed by atoms with van der Waals surface area (Å²) < 4.78 is 2.11. The lowest BCUT2D eigenvalue weighted by Crippen LogP contribution is -2.02. The molecule has 0 aliphatic heterocycles. The Morgan fingerprint density at radius 3 is 1.51 bits per heavy atom. The Kier molecular flexibility index (Phi) is 5.87. The molecule has 0 unspecified atom stereocenters. The molecule has 0 N–H and O–H groups in total. The molecular formula is C31H25NO3. The van der Waals surface area contributed by atoms with Gasteiger partial charge in [0.05, 0.1) is 11.0 Å². The molecule has 4 aromatic carbocycles. The fourth-order valence-electron chi connectivity index (χ4n) is 4.57. The molecule has 0 fully saturated rings. The number of carbonyl (C=O) groups is 3. The third-order valence-electron chi connectivity index (χ3n) is 6.47. The number of carbonyl (C=O) groups excluding carboxylic acids is 3. The number of ketones is 3. The summed E-state index contributed by atoms with van der Waals surface area (Å²) in [5.74, 6) is 0.138. The normalized spacial score (nSPS) is 11.1. The first-order valence-corrected chi connectivity index (χ1v) is 11.9. The molecule has 4 heteroatoms. The summed E-state index contributed by atoms with van der Waals surface area (Å²) in [4.78, 5) is 37.7. The minimum absolute atomic E-state index is 0.0233. The minimum atomic E-state index is -0.0233. The van der Waals surface area contributed by atoms with Crippen molar-refractivity contribution < 1.29 is 14.4 Å². The topological polar surface area (TPSA) is 56.1 Å². The van der Waals surface area contributed by atoms with E-state index in [-0.39, 0.29) is 17.3 Å². The molecule has 0 spiro atoms. The van der Waals surface area contributed by atoms with Crippen molar-refractivity contribution in [3.05, 3.63) is 113 Å². The number of aromatic nitrogens is 1. The summed E-state index contributed by atoms with van der Waals surface area (Å²) in [5.41, 5.74) is 5.38. The first-order chi connectivity index (χ1) is 17.0. The molecule has 5 rings (SSSR count). The first-order valence-electron chi connectivity index (χ1n) is 11.9. The highest BCUT2D eigenvalue weighted by Crippen LogP contribution is 2.34. The lowest BCUT2D eigenvalue weighted by Gasteiger charge is -2.09. The van der Waals surface area contributed by atoms with Crippen molar-refractivity contribution in [1.29, 1.82) is 0 Å². The number of hydrogen-bond donors (Lipinski definition) is 0. The van der Waals surface area contributed by atoms with Crippen LogP contribution >= 0.6 is 0 Å². The Labute approximate surface area is 203 Å². The first kappa shape index (κ1) is 22.5. The number of fused-ring (bicyclic) bond motifs is 3. The van der Waals surface area contributed by atoms with Gasteiger partial charge >= 0.3 is 0 Å². The third kappa shape index (κ3) is 3.97. The van der Waals surface area contributed by atoms with Gasteiger partial charge in [-0.15, -0.1) is 0 Å². The zero-order chi connectivity index (χ0) is 24.5. The summed E-state index contributed by atoms with van der Waals surface area (Å²) >= 11 is 0. The highest BCUT2D eigenvalue weighted by atomic mass is 16.1. The van der Waals surface area contributed by atoms with Gasteiger partial charge in [-0.3, -0.25) is 14.4 Å².